The summed E-state index contributed by atoms with van der Waals surface area (Å²) in [5.41, 5.74) is 10.1. The minimum absolute atomic E-state index is 0.0454. The maximum absolute atomic E-state index is 12.3. The summed E-state index contributed by atoms with van der Waals surface area (Å²) in [5.74, 6) is -0.294. The molecule has 0 atom stereocenters. The summed E-state index contributed by atoms with van der Waals surface area (Å²) in [6.07, 6.45) is 0. The van der Waals surface area contributed by atoms with E-state index < -0.39 is 5.91 Å². The number of benzene rings is 1. The lowest BCUT2D eigenvalue weighted by Crippen LogP contribution is -2.21. The molecule has 3 N–H and O–H groups in total. The molecule has 10 nitrogen and oxygen atoms in total. The lowest BCUT2D eigenvalue weighted by atomic mass is 10.1. The molecule has 0 bridgehead atoms. The van der Waals surface area contributed by atoms with Gasteiger partial charge < -0.3 is 5.73 Å². The van der Waals surface area contributed by atoms with Crippen molar-refractivity contribution in [3.63, 3.8) is 0 Å². The molecule has 0 aliphatic heterocycles. The van der Waals surface area contributed by atoms with Crippen LogP contribution in [-0.4, -0.2) is 36.9 Å². The molecular weight excluding hydrogens is 392 g/mol. The predicted molar refractivity (Wildman–Crippen MR) is 92.2 cm³/mol. The molecule has 3 aromatic rings. The highest BCUT2D eigenvalue weighted by Gasteiger charge is 2.20. The van der Waals surface area contributed by atoms with Gasteiger partial charge in [0.25, 0.3) is 5.91 Å². The quantitative estimate of drug-likeness (QED) is 0.495. The van der Waals surface area contributed by atoms with Gasteiger partial charge in [0.2, 0.25) is 11.6 Å². The molecule has 1 aromatic carbocycles. The third-order valence-corrected chi connectivity index (χ3v) is 3.92. The number of hydrogen-bond donors (Lipinski definition) is 2. The number of aromatic nitrogens is 5. The first-order valence-corrected chi connectivity index (χ1v) is 7.88. The number of carbonyl (C=O) groups is 1. The van der Waals surface area contributed by atoms with Crippen molar-refractivity contribution in [1.29, 1.82) is 0 Å². The van der Waals surface area contributed by atoms with Crippen LogP contribution in [0.1, 0.15) is 28.7 Å². The second-order valence-electron chi connectivity index (χ2n) is 5.05. The van der Waals surface area contributed by atoms with E-state index in [4.69, 9.17) is 5.73 Å². The Morgan fingerprint density at radius 2 is 2.04 bits per heavy atom. The average Bonchev–Trinajstić information content (AvgIpc) is 3.18. The van der Waals surface area contributed by atoms with Crippen molar-refractivity contribution in [2.75, 3.05) is 5.73 Å². The molecule has 0 aliphatic carbocycles. The van der Waals surface area contributed by atoms with Gasteiger partial charge in [0.1, 0.15) is 0 Å². The van der Waals surface area contributed by atoms with Crippen LogP contribution in [0.4, 0.5) is 5.82 Å². The molecule has 1 amide bonds. The molecule has 2 heterocycles. The fourth-order valence-electron chi connectivity index (χ4n) is 2.02. The fraction of sp³-hybridized carbons (Fsp3) is 0.143. The molecule has 0 aliphatic rings. The second-order valence-corrected chi connectivity index (χ2v) is 5.97. The van der Waals surface area contributed by atoms with Crippen molar-refractivity contribution < 1.29 is 9.42 Å². The molecule has 0 spiro atoms. The number of rotatable bonds is 4. The van der Waals surface area contributed by atoms with Gasteiger partial charge in [0, 0.05) is 4.47 Å². The van der Waals surface area contributed by atoms with Crippen LogP contribution in [0.3, 0.4) is 0 Å². The molecule has 0 fully saturated rings. The lowest BCUT2D eigenvalue weighted by Gasteiger charge is -2.02. The number of nitrogens with two attached hydrogens (primary N) is 1. The van der Waals surface area contributed by atoms with E-state index in [1.807, 2.05) is 24.3 Å². The van der Waals surface area contributed by atoms with E-state index in [0.29, 0.717) is 11.4 Å². The molecule has 0 unspecified atom stereocenters. The number of halogens is 1. The van der Waals surface area contributed by atoms with E-state index in [1.54, 1.807) is 13.8 Å². The van der Waals surface area contributed by atoms with E-state index >= 15 is 0 Å². The number of carbonyl (C=O) groups excluding carboxylic acids is 1. The molecule has 3 rings (SSSR count). The SMILES string of the molecule is C/C(=N\NC(=O)c1nnn(-c2nonc2N)c1C)c1ccc(Br)cc1. The Balaban J connectivity index is 1.78. The summed E-state index contributed by atoms with van der Waals surface area (Å²) in [5, 5.41) is 18.9. The van der Waals surface area contributed by atoms with E-state index in [2.05, 4.69) is 51.7 Å². The van der Waals surface area contributed by atoms with Gasteiger partial charge in [0.05, 0.1) is 11.4 Å². The highest BCUT2D eigenvalue weighted by Crippen LogP contribution is 2.14. The number of nitrogen functional groups attached to an aromatic ring is 1. The zero-order valence-corrected chi connectivity index (χ0v) is 14.9. The lowest BCUT2D eigenvalue weighted by molar-refractivity contribution is 0.0949. The Hall–Kier alpha value is -3.08. The normalized spacial score (nSPS) is 11.6. The van der Waals surface area contributed by atoms with Gasteiger partial charge in [-0.15, -0.1) is 5.10 Å². The third kappa shape index (κ3) is 3.40. The van der Waals surface area contributed by atoms with Gasteiger partial charge >= 0.3 is 0 Å². The Labute approximate surface area is 150 Å². The van der Waals surface area contributed by atoms with Crippen molar-refractivity contribution in [2.24, 2.45) is 5.10 Å². The minimum atomic E-state index is -0.504. The summed E-state index contributed by atoms with van der Waals surface area (Å²) in [7, 11) is 0. The standard InChI is InChI=1S/C14H13BrN8O2/c1-7(9-3-5-10(15)6-4-9)17-19-14(24)11-8(2)23(22-18-11)13-12(16)20-25-21-13/h3-6H,1-2H3,(H2,16,20)(H,19,24)/b17-7+. The Morgan fingerprint density at radius 3 is 2.68 bits per heavy atom. The monoisotopic (exact) mass is 404 g/mol. The zero-order valence-electron chi connectivity index (χ0n) is 13.3. The summed E-state index contributed by atoms with van der Waals surface area (Å²) < 4.78 is 6.75. The van der Waals surface area contributed by atoms with Crippen molar-refractivity contribution in [3.05, 3.63) is 45.7 Å². The fourth-order valence-corrected chi connectivity index (χ4v) is 2.29. The largest absolute Gasteiger partial charge is 0.378 e. The summed E-state index contributed by atoms with van der Waals surface area (Å²) >= 11 is 3.37. The van der Waals surface area contributed by atoms with Crippen LogP contribution >= 0.6 is 15.9 Å². The van der Waals surface area contributed by atoms with Crippen LogP contribution < -0.4 is 11.2 Å². The number of nitrogens with zero attached hydrogens (tertiary/aromatic N) is 6. The summed E-state index contributed by atoms with van der Waals surface area (Å²) in [4.78, 5) is 12.3. The van der Waals surface area contributed by atoms with Gasteiger partial charge in [0.15, 0.2) is 5.69 Å². The zero-order chi connectivity index (χ0) is 18.0. The van der Waals surface area contributed by atoms with Crippen molar-refractivity contribution in [2.45, 2.75) is 13.8 Å². The van der Waals surface area contributed by atoms with E-state index in [-0.39, 0.29) is 17.3 Å². The number of nitrogens with one attached hydrogen (secondary N) is 1. The van der Waals surface area contributed by atoms with Gasteiger partial charge in [-0.3, -0.25) is 4.79 Å². The third-order valence-electron chi connectivity index (χ3n) is 3.39. The van der Waals surface area contributed by atoms with Gasteiger partial charge in [-0.25, -0.2) is 10.1 Å². The number of amides is 1. The molecular formula is C14H13BrN8O2. The highest BCUT2D eigenvalue weighted by atomic mass is 79.9. The molecule has 0 saturated heterocycles. The molecule has 25 heavy (non-hydrogen) atoms. The molecule has 11 heteroatoms. The molecule has 0 radical (unpaired) electrons. The maximum Gasteiger partial charge on any atom is 0.293 e. The highest BCUT2D eigenvalue weighted by molar-refractivity contribution is 9.10. The van der Waals surface area contributed by atoms with E-state index in [0.717, 1.165) is 10.0 Å². The first-order chi connectivity index (χ1) is 12.0. The number of hydrazone groups is 1. The molecule has 128 valence electrons. The van der Waals surface area contributed by atoms with E-state index in [1.165, 1.54) is 4.68 Å². The first kappa shape index (κ1) is 16.8. The van der Waals surface area contributed by atoms with Gasteiger partial charge in [-0.2, -0.15) is 9.78 Å². The molecule has 2 aromatic heterocycles. The van der Waals surface area contributed by atoms with Crippen LogP contribution in [-0.2, 0) is 0 Å². The van der Waals surface area contributed by atoms with Crippen molar-refractivity contribution >= 4 is 33.4 Å². The van der Waals surface area contributed by atoms with Gasteiger partial charge in [-0.1, -0.05) is 33.3 Å². The second kappa shape index (κ2) is 6.81. The smallest absolute Gasteiger partial charge is 0.293 e. The Kier molecular flexibility index (Phi) is 4.57. The number of anilines is 1. The van der Waals surface area contributed by atoms with Crippen molar-refractivity contribution in [1.82, 2.24) is 30.7 Å². The van der Waals surface area contributed by atoms with Crippen LogP contribution in [0, 0.1) is 6.92 Å². The van der Waals surface area contributed by atoms with Gasteiger partial charge in [-0.05, 0) is 41.9 Å². The number of hydrogen-bond acceptors (Lipinski definition) is 8. The maximum atomic E-state index is 12.3. The average molecular weight is 405 g/mol. The van der Waals surface area contributed by atoms with Crippen LogP contribution in [0.2, 0.25) is 0 Å². The Bertz CT molecular complexity index is 944. The van der Waals surface area contributed by atoms with Crippen LogP contribution in [0.5, 0.6) is 0 Å². The molecule has 0 saturated carbocycles. The Morgan fingerprint density at radius 1 is 1.32 bits per heavy atom. The summed E-state index contributed by atoms with van der Waals surface area (Å²) in [6.45, 7) is 3.43. The van der Waals surface area contributed by atoms with Crippen LogP contribution in [0.15, 0.2) is 38.5 Å². The minimum Gasteiger partial charge on any atom is -0.378 e. The van der Waals surface area contributed by atoms with Crippen LogP contribution in [0.25, 0.3) is 5.82 Å². The van der Waals surface area contributed by atoms with Crippen molar-refractivity contribution in [3.8, 4) is 5.82 Å². The summed E-state index contributed by atoms with van der Waals surface area (Å²) in [6, 6.07) is 7.55. The predicted octanol–water partition coefficient (Wildman–Crippen LogP) is 1.46. The topological polar surface area (TPSA) is 137 Å². The first-order valence-electron chi connectivity index (χ1n) is 7.08. The van der Waals surface area contributed by atoms with E-state index in [9.17, 15) is 4.79 Å².